The Bertz CT molecular complexity index is 489. The Labute approximate surface area is 104 Å². The Morgan fingerprint density at radius 1 is 1.29 bits per heavy atom. The summed E-state index contributed by atoms with van der Waals surface area (Å²) in [5.74, 6) is 0. The van der Waals surface area contributed by atoms with Gasteiger partial charge in [-0.2, -0.15) is 4.68 Å². The molecule has 7 heteroatoms. The molecule has 0 aromatic carbocycles. The van der Waals surface area contributed by atoms with Gasteiger partial charge in [0.15, 0.2) is 0 Å². The lowest BCUT2D eigenvalue weighted by atomic mass is 10.1. The molecule has 2 aromatic heterocycles. The first-order chi connectivity index (χ1) is 8.26. The lowest BCUT2D eigenvalue weighted by Gasteiger charge is -2.02. The maximum atomic E-state index is 5.67. The molecule has 17 heavy (non-hydrogen) atoms. The molecule has 0 fully saturated rings. The van der Waals surface area contributed by atoms with Gasteiger partial charge in [-0.05, 0) is 19.8 Å². The fourth-order valence-electron chi connectivity index (χ4n) is 1.61. The zero-order valence-electron chi connectivity index (χ0n) is 10.1. The minimum Gasteiger partial charge on any atom is -0.325 e. The third kappa shape index (κ3) is 2.50. The standard InChI is InChI=1S/C10H16N6S/c1-3-4-5-9-8(6-11)13-15-16(9)10-14-12-7(2)17-10/h3-6,11H2,1-2H3. The van der Waals surface area contributed by atoms with Crippen LogP contribution in [-0.2, 0) is 13.0 Å². The first-order valence-electron chi connectivity index (χ1n) is 5.70. The van der Waals surface area contributed by atoms with Crippen LogP contribution < -0.4 is 5.73 Å². The minimum absolute atomic E-state index is 0.414. The molecule has 2 aromatic rings. The van der Waals surface area contributed by atoms with Gasteiger partial charge >= 0.3 is 0 Å². The smallest absolute Gasteiger partial charge is 0.234 e. The van der Waals surface area contributed by atoms with E-state index >= 15 is 0 Å². The van der Waals surface area contributed by atoms with E-state index in [-0.39, 0.29) is 0 Å². The van der Waals surface area contributed by atoms with E-state index in [2.05, 4.69) is 27.4 Å². The van der Waals surface area contributed by atoms with E-state index in [1.165, 1.54) is 11.3 Å². The van der Waals surface area contributed by atoms with Gasteiger partial charge in [-0.3, -0.25) is 0 Å². The molecule has 0 atom stereocenters. The van der Waals surface area contributed by atoms with Crippen molar-refractivity contribution in [1.29, 1.82) is 0 Å². The molecule has 0 saturated carbocycles. The van der Waals surface area contributed by atoms with Gasteiger partial charge in [-0.1, -0.05) is 29.9 Å². The van der Waals surface area contributed by atoms with Crippen LogP contribution in [0, 0.1) is 6.92 Å². The highest BCUT2D eigenvalue weighted by atomic mass is 32.1. The summed E-state index contributed by atoms with van der Waals surface area (Å²) in [5, 5.41) is 18.0. The second-order valence-corrected chi connectivity index (χ2v) is 4.97. The molecule has 2 heterocycles. The predicted octanol–water partition coefficient (Wildman–Crippen LogP) is 1.23. The molecule has 0 aliphatic carbocycles. The van der Waals surface area contributed by atoms with E-state index in [1.54, 1.807) is 4.68 Å². The predicted molar refractivity (Wildman–Crippen MR) is 66.1 cm³/mol. The number of unbranched alkanes of at least 4 members (excludes halogenated alkanes) is 1. The van der Waals surface area contributed by atoms with Crippen molar-refractivity contribution in [2.75, 3.05) is 0 Å². The van der Waals surface area contributed by atoms with Gasteiger partial charge in [0.05, 0.1) is 11.4 Å². The largest absolute Gasteiger partial charge is 0.325 e. The van der Waals surface area contributed by atoms with E-state index in [4.69, 9.17) is 5.73 Å². The topological polar surface area (TPSA) is 82.5 Å². The van der Waals surface area contributed by atoms with Gasteiger partial charge < -0.3 is 5.73 Å². The van der Waals surface area contributed by atoms with Gasteiger partial charge in [0.25, 0.3) is 0 Å². The molecule has 2 N–H and O–H groups in total. The lowest BCUT2D eigenvalue weighted by molar-refractivity contribution is 0.706. The first-order valence-corrected chi connectivity index (χ1v) is 6.52. The van der Waals surface area contributed by atoms with E-state index < -0.39 is 0 Å². The van der Waals surface area contributed by atoms with Crippen LogP contribution in [0.1, 0.15) is 36.2 Å². The second-order valence-electron chi connectivity index (χ2n) is 3.81. The summed E-state index contributed by atoms with van der Waals surface area (Å²) in [6, 6.07) is 0. The molecule has 0 amide bonds. The number of hydrogen-bond donors (Lipinski definition) is 1. The third-order valence-corrected chi connectivity index (χ3v) is 3.31. The highest BCUT2D eigenvalue weighted by Gasteiger charge is 2.15. The van der Waals surface area contributed by atoms with E-state index in [9.17, 15) is 0 Å². The quantitative estimate of drug-likeness (QED) is 0.865. The van der Waals surface area contributed by atoms with Crippen molar-refractivity contribution in [3.63, 3.8) is 0 Å². The van der Waals surface area contributed by atoms with Crippen LogP contribution in [0.4, 0.5) is 0 Å². The van der Waals surface area contributed by atoms with Crippen molar-refractivity contribution in [2.24, 2.45) is 5.73 Å². The maximum absolute atomic E-state index is 5.67. The van der Waals surface area contributed by atoms with Crippen molar-refractivity contribution in [3.8, 4) is 5.13 Å². The molecular formula is C10H16N6S. The van der Waals surface area contributed by atoms with Crippen molar-refractivity contribution in [3.05, 3.63) is 16.4 Å². The van der Waals surface area contributed by atoms with Crippen LogP contribution in [0.3, 0.4) is 0 Å². The van der Waals surface area contributed by atoms with E-state index in [0.29, 0.717) is 6.54 Å². The molecule has 0 spiro atoms. The fourth-order valence-corrected chi connectivity index (χ4v) is 2.27. The molecule has 6 nitrogen and oxygen atoms in total. The van der Waals surface area contributed by atoms with Crippen molar-refractivity contribution < 1.29 is 0 Å². The average molecular weight is 252 g/mol. The summed E-state index contributed by atoms with van der Waals surface area (Å²) in [7, 11) is 0. The Balaban J connectivity index is 2.36. The minimum atomic E-state index is 0.414. The van der Waals surface area contributed by atoms with Crippen LogP contribution in [-0.4, -0.2) is 25.2 Å². The molecular weight excluding hydrogens is 236 g/mol. The Morgan fingerprint density at radius 3 is 2.71 bits per heavy atom. The van der Waals surface area contributed by atoms with Crippen LogP contribution in [0.15, 0.2) is 0 Å². The summed E-state index contributed by atoms with van der Waals surface area (Å²) in [5.41, 5.74) is 7.58. The average Bonchev–Trinajstić information content (AvgIpc) is 2.91. The number of aromatic nitrogens is 5. The summed E-state index contributed by atoms with van der Waals surface area (Å²) in [4.78, 5) is 0. The van der Waals surface area contributed by atoms with E-state index in [1.807, 2.05) is 6.92 Å². The SMILES string of the molecule is CCCCc1c(CN)nnn1-c1nnc(C)s1. The normalized spacial score (nSPS) is 11.0. The highest BCUT2D eigenvalue weighted by Crippen LogP contribution is 2.18. The molecule has 0 bridgehead atoms. The Morgan fingerprint density at radius 2 is 2.12 bits per heavy atom. The zero-order valence-corrected chi connectivity index (χ0v) is 10.9. The van der Waals surface area contributed by atoms with Gasteiger partial charge in [0.1, 0.15) is 5.01 Å². The maximum Gasteiger partial charge on any atom is 0.234 e. The lowest BCUT2D eigenvalue weighted by Crippen LogP contribution is -2.06. The Hall–Kier alpha value is -1.34. The van der Waals surface area contributed by atoms with Gasteiger partial charge in [0.2, 0.25) is 5.13 Å². The number of nitrogens with zero attached hydrogens (tertiary/aromatic N) is 5. The summed E-state index contributed by atoms with van der Waals surface area (Å²) in [6.45, 7) is 4.50. The molecule has 0 aliphatic rings. The van der Waals surface area contributed by atoms with E-state index in [0.717, 1.165) is 40.8 Å². The third-order valence-electron chi connectivity index (χ3n) is 2.50. The Kier molecular flexibility index (Phi) is 3.80. The number of aryl methyl sites for hydroxylation is 1. The molecule has 2 rings (SSSR count). The molecule has 0 aliphatic heterocycles. The van der Waals surface area contributed by atoms with Crippen LogP contribution in [0.5, 0.6) is 0 Å². The number of rotatable bonds is 5. The summed E-state index contributed by atoms with van der Waals surface area (Å²) >= 11 is 1.51. The van der Waals surface area contributed by atoms with Crippen molar-refractivity contribution >= 4 is 11.3 Å². The molecule has 0 radical (unpaired) electrons. The molecule has 0 saturated heterocycles. The van der Waals surface area contributed by atoms with Crippen LogP contribution in [0.25, 0.3) is 5.13 Å². The summed E-state index contributed by atoms with van der Waals surface area (Å²) < 4.78 is 1.77. The highest BCUT2D eigenvalue weighted by molar-refractivity contribution is 7.13. The molecule has 92 valence electrons. The van der Waals surface area contributed by atoms with Crippen LogP contribution >= 0.6 is 11.3 Å². The second kappa shape index (κ2) is 5.33. The first kappa shape index (κ1) is 12.1. The summed E-state index contributed by atoms with van der Waals surface area (Å²) in [6.07, 6.45) is 3.15. The van der Waals surface area contributed by atoms with Crippen molar-refractivity contribution in [2.45, 2.75) is 39.7 Å². The van der Waals surface area contributed by atoms with Crippen molar-refractivity contribution in [1.82, 2.24) is 25.2 Å². The van der Waals surface area contributed by atoms with Crippen LogP contribution in [0.2, 0.25) is 0 Å². The van der Waals surface area contributed by atoms with Gasteiger partial charge in [-0.15, -0.1) is 15.3 Å². The van der Waals surface area contributed by atoms with Gasteiger partial charge in [-0.25, -0.2) is 0 Å². The van der Waals surface area contributed by atoms with Gasteiger partial charge in [0, 0.05) is 6.54 Å². The number of nitrogens with two attached hydrogens (primary N) is 1. The molecule has 0 unspecified atom stereocenters. The monoisotopic (exact) mass is 252 g/mol. The zero-order chi connectivity index (χ0) is 12.3. The fraction of sp³-hybridized carbons (Fsp3) is 0.600. The number of hydrogen-bond acceptors (Lipinski definition) is 6.